The van der Waals surface area contributed by atoms with Gasteiger partial charge in [-0.05, 0) is 46.6 Å². The quantitative estimate of drug-likeness (QED) is 0.773. The molecule has 29 heavy (non-hydrogen) atoms. The van der Waals surface area contributed by atoms with Crippen molar-refractivity contribution in [3.05, 3.63) is 34.4 Å². The Morgan fingerprint density at radius 1 is 1.10 bits per heavy atom. The van der Waals surface area contributed by atoms with E-state index in [0.717, 1.165) is 47.6 Å². The predicted molar refractivity (Wildman–Crippen MR) is 108 cm³/mol. The number of aryl methyl sites for hydroxylation is 3. The van der Waals surface area contributed by atoms with Crippen molar-refractivity contribution in [3.8, 4) is 5.95 Å². The maximum atomic E-state index is 12.6. The number of rotatable bonds is 6. The van der Waals surface area contributed by atoms with Crippen LogP contribution in [0.25, 0.3) is 5.95 Å². The topological polar surface area (TPSA) is 110 Å². The van der Waals surface area contributed by atoms with Gasteiger partial charge in [-0.15, -0.1) is 0 Å². The summed E-state index contributed by atoms with van der Waals surface area (Å²) in [5, 5.41) is 17.1. The summed E-state index contributed by atoms with van der Waals surface area (Å²) in [6, 6.07) is 1.90. The number of amides is 1. The third-order valence-corrected chi connectivity index (χ3v) is 5.83. The molecular formula is C21H29N5O3. The molecule has 0 saturated heterocycles. The first-order valence-electron chi connectivity index (χ1n) is 10.1. The zero-order valence-corrected chi connectivity index (χ0v) is 17.6. The van der Waals surface area contributed by atoms with E-state index in [2.05, 4.69) is 20.4 Å². The number of nitrogens with zero attached hydrogens (tertiary/aromatic N) is 4. The average Bonchev–Trinajstić information content (AvgIpc) is 2.94. The van der Waals surface area contributed by atoms with Gasteiger partial charge in [0.05, 0.1) is 17.5 Å². The fourth-order valence-electron chi connectivity index (χ4n) is 4.11. The van der Waals surface area contributed by atoms with Crippen molar-refractivity contribution in [2.45, 2.75) is 66.2 Å². The zero-order valence-electron chi connectivity index (χ0n) is 17.6. The SMILES string of the molecule is Cc1cc(C)nc(-n2nc(C)c(CC(=O)NCC3(C(=O)O)CCCCC3)c2C)n1. The summed E-state index contributed by atoms with van der Waals surface area (Å²) in [5.74, 6) is -0.519. The molecule has 0 aliphatic heterocycles. The number of carboxylic acid groups (broad SMARTS) is 1. The van der Waals surface area contributed by atoms with E-state index < -0.39 is 11.4 Å². The van der Waals surface area contributed by atoms with Crippen LogP contribution < -0.4 is 5.32 Å². The number of nitrogens with one attached hydrogen (secondary N) is 1. The lowest BCUT2D eigenvalue weighted by atomic mass is 9.74. The van der Waals surface area contributed by atoms with Crippen LogP contribution >= 0.6 is 0 Å². The van der Waals surface area contributed by atoms with Crippen LogP contribution in [0.1, 0.15) is 60.4 Å². The molecule has 2 N–H and O–H groups in total. The van der Waals surface area contributed by atoms with Crippen LogP contribution in [-0.2, 0) is 16.0 Å². The van der Waals surface area contributed by atoms with Crippen LogP contribution in [0.3, 0.4) is 0 Å². The van der Waals surface area contributed by atoms with Crippen molar-refractivity contribution in [1.82, 2.24) is 25.1 Å². The van der Waals surface area contributed by atoms with E-state index >= 15 is 0 Å². The van der Waals surface area contributed by atoms with Crippen LogP contribution in [-0.4, -0.2) is 43.3 Å². The molecule has 0 atom stereocenters. The summed E-state index contributed by atoms with van der Waals surface area (Å²) in [6.45, 7) is 7.73. The molecule has 8 heteroatoms. The number of carboxylic acids is 1. The van der Waals surface area contributed by atoms with Crippen molar-refractivity contribution < 1.29 is 14.7 Å². The number of aromatic nitrogens is 4. The molecule has 0 spiro atoms. The van der Waals surface area contributed by atoms with Crippen molar-refractivity contribution in [2.75, 3.05) is 6.54 Å². The number of carbonyl (C=O) groups excluding carboxylic acids is 1. The van der Waals surface area contributed by atoms with Gasteiger partial charge >= 0.3 is 5.97 Å². The minimum absolute atomic E-state index is 0.151. The minimum Gasteiger partial charge on any atom is -0.481 e. The molecule has 2 aromatic heterocycles. The van der Waals surface area contributed by atoms with E-state index in [1.54, 1.807) is 4.68 Å². The molecule has 1 saturated carbocycles. The van der Waals surface area contributed by atoms with Gasteiger partial charge in [0.25, 0.3) is 5.95 Å². The lowest BCUT2D eigenvalue weighted by Gasteiger charge is -2.33. The van der Waals surface area contributed by atoms with Gasteiger partial charge in [-0.3, -0.25) is 9.59 Å². The standard InChI is InChI=1S/C21H29N5O3/c1-13-10-14(2)24-20(23-13)26-16(4)17(15(3)25-26)11-18(27)22-12-21(19(28)29)8-6-5-7-9-21/h10H,5-9,11-12H2,1-4H3,(H,22,27)(H,28,29). The molecule has 1 fully saturated rings. The highest BCUT2D eigenvalue weighted by atomic mass is 16.4. The molecule has 156 valence electrons. The van der Waals surface area contributed by atoms with Crippen molar-refractivity contribution >= 4 is 11.9 Å². The Hall–Kier alpha value is -2.77. The summed E-state index contributed by atoms with van der Waals surface area (Å²) in [6.07, 6.45) is 4.22. The number of hydrogen-bond acceptors (Lipinski definition) is 5. The van der Waals surface area contributed by atoms with Gasteiger partial charge in [-0.1, -0.05) is 19.3 Å². The third kappa shape index (κ3) is 4.46. The summed E-state index contributed by atoms with van der Waals surface area (Å²) in [5.41, 5.74) is 3.24. The molecule has 2 aromatic rings. The lowest BCUT2D eigenvalue weighted by Crippen LogP contribution is -2.44. The molecule has 1 amide bonds. The molecule has 2 heterocycles. The Morgan fingerprint density at radius 2 is 1.72 bits per heavy atom. The van der Waals surface area contributed by atoms with Gasteiger partial charge in [-0.2, -0.15) is 5.10 Å². The lowest BCUT2D eigenvalue weighted by molar-refractivity contribution is -0.151. The van der Waals surface area contributed by atoms with E-state index in [1.807, 2.05) is 33.8 Å². The smallest absolute Gasteiger partial charge is 0.311 e. The van der Waals surface area contributed by atoms with Crippen molar-refractivity contribution in [2.24, 2.45) is 5.41 Å². The molecule has 1 aliphatic carbocycles. The number of carbonyl (C=O) groups is 2. The zero-order chi connectivity index (χ0) is 21.2. The Morgan fingerprint density at radius 3 is 2.31 bits per heavy atom. The van der Waals surface area contributed by atoms with E-state index in [-0.39, 0.29) is 18.9 Å². The minimum atomic E-state index is -0.838. The fraction of sp³-hybridized carbons (Fsp3) is 0.571. The maximum Gasteiger partial charge on any atom is 0.311 e. The molecular weight excluding hydrogens is 370 g/mol. The second-order valence-electron chi connectivity index (χ2n) is 8.11. The van der Waals surface area contributed by atoms with Crippen molar-refractivity contribution in [1.29, 1.82) is 0 Å². The highest BCUT2D eigenvalue weighted by Crippen LogP contribution is 2.36. The fourth-order valence-corrected chi connectivity index (χ4v) is 4.11. The van der Waals surface area contributed by atoms with E-state index in [9.17, 15) is 14.7 Å². The molecule has 1 aliphatic rings. The summed E-state index contributed by atoms with van der Waals surface area (Å²) >= 11 is 0. The average molecular weight is 399 g/mol. The Labute approximate surface area is 170 Å². The second kappa shape index (κ2) is 8.31. The molecule has 8 nitrogen and oxygen atoms in total. The molecule has 0 unspecified atom stereocenters. The van der Waals surface area contributed by atoms with Gasteiger partial charge in [0.2, 0.25) is 5.91 Å². The first-order valence-corrected chi connectivity index (χ1v) is 10.1. The highest BCUT2D eigenvalue weighted by Gasteiger charge is 2.39. The van der Waals surface area contributed by atoms with Crippen molar-refractivity contribution in [3.63, 3.8) is 0 Å². The number of hydrogen-bond donors (Lipinski definition) is 2. The van der Waals surface area contributed by atoms with E-state index in [1.165, 1.54) is 0 Å². The first kappa shape index (κ1) is 21.0. The van der Waals surface area contributed by atoms with Gasteiger partial charge in [0, 0.05) is 29.2 Å². The highest BCUT2D eigenvalue weighted by molar-refractivity contribution is 5.81. The summed E-state index contributed by atoms with van der Waals surface area (Å²) in [7, 11) is 0. The Kier molecular flexibility index (Phi) is 6.00. The van der Waals surface area contributed by atoms with E-state index in [4.69, 9.17) is 0 Å². The van der Waals surface area contributed by atoms with Crippen LogP contribution in [0.5, 0.6) is 0 Å². The first-order chi connectivity index (χ1) is 13.7. The normalized spacial score (nSPS) is 15.9. The van der Waals surface area contributed by atoms with Gasteiger partial charge in [0.1, 0.15) is 0 Å². The second-order valence-corrected chi connectivity index (χ2v) is 8.11. The number of aliphatic carboxylic acids is 1. The third-order valence-electron chi connectivity index (χ3n) is 5.83. The Balaban J connectivity index is 1.74. The van der Waals surface area contributed by atoms with Crippen LogP contribution in [0, 0.1) is 33.1 Å². The Bertz CT molecular complexity index is 908. The van der Waals surface area contributed by atoms with Crippen LogP contribution in [0.2, 0.25) is 0 Å². The van der Waals surface area contributed by atoms with Crippen LogP contribution in [0.4, 0.5) is 0 Å². The van der Waals surface area contributed by atoms with E-state index in [0.29, 0.717) is 18.8 Å². The molecule has 3 rings (SSSR count). The largest absolute Gasteiger partial charge is 0.481 e. The van der Waals surface area contributed by atoms with Gasteiger partial charge in [0.15, 0.2) is 0 Å². The molecule has 0 bridgehead atoms. The summed E-state index contributed by atoms with van der Waals surface area (Å²) < 4.78 is 1.66. The summed E-state index contributed by atoms with van der Waals surface area (Å²) in [4.78, 5) is 33.3. The molecule has 0 radical (unpaired) electrons. The predicted octanol–water partition coefficient (Wildman–Crippen LogP) is 2.59. The van der Waals surface area contributed by atoms with Gasteiger partial charge in [-0.25, -0.2) is 14.6 Å². The van der Waals surface area contributed by atoms with Gasteiger partial charge < -0.3 is 10.4 Å². The van der Waals surface area contributed by atoms with Crippen LogP contribution in [0.15, 0.2) is 6.07 Å². The molecule has 0 aromatic carbocycles. The maximum absolute atomic E-state index is 12.6. The monoisotopic (exact) mass is 399 g/mol.